The van der Waals surface area contributed by atoms with E-state index >= 15 is 0 Å². The summed E-state index contributed by atoms with van der Waals surface area (Å²) in [5.41, 5.74) is 1.14. The molecule has 0 radical (unpaired) electrons. The van der Waals surface area contributed by atoms with Gasteiger partial charge < -0.3 is 9.84 Å². The van der Waals surface area contributed by atoms with Crippen LogP contribution in [-0.4, -0.2) is 23.7 Å². The Labute approximate surface area is 170 Å². The second-order valence-corrected chi connectivity index (χ2v) is 8.11. The Hall–Kier alpha value is -1.84. The van der Waals surface area contributed by atoms with Gasteiger partial charge in [0.25, 0.3) is 0 Å². The molecule has 0 heterocycles. The molecule has 1 aromatic rings. The molecule has 4 nitrogen and oxygen atoms in total. The number of carboxylic acids is 1. The molecule has 0 saturated carbocycles. The molecule has 1 aromatic carbocycles. The third-order valence-electron chi connectivity index (χ3n) is 5.69. The van der Waals surface area contributed by atoms with Crippen LogP contribution in [0.25, 0.3) is 0 Å². The summed E-state index contributed by atoms with van der Waals surface area (Å²) in [4.78, 5) is 23.7. The molecule has 0 aliphatic rings. The minimum Gasteiger partial charge on any atom is -0.481 e. The van der Waals surface area contributed by atoms with Crippen LogP contribution in [0.3, 0.4) is 0 Å². The van der Waals surface area contributed by atoms with Crippen LogP contribution in [0.5, 0.6) is 0 Å². The van der Waals surface area contributed by atoms with Gasteiger partial charge in [-0.1, -0.05) is 77.3 Å². The minimum atomic E-state index is -0.772. The summed E-state index contributed by atoms with van der Waals surface area (Å²) in [5.74, 6) is -0.898. The predicted molar refractivity (Wildman–Crippen MR) is 113 cm³/mol. The van der Waals surface area contributed by atoms with Crippen LogP contribution in [0.4, 0.5) is 0 Å². The molecule has 0 aliphatic carbocycles. The molecule has 158 valence electrons. The fourth-order valence-corrected chi connectivity index (χ4v) is 3.48. The molecule has 0 aromatic heterocycles. The summed E-state index contributed by atoms with van der Waals surface area (Å²) in [7, 11) is 0. The number of carbonyl (C=O) groups is 2. The third kappa shape index (κ3) is 8.90. The first kappa shape index (κ1) is 24.2. The summed E-state index contributed by atoms with van der Waals surface area (Å²) in [6.45, 7) is 8.49. The second kappa shape index (κ2) is 13.4. The lowest BCUT2D eigenvalue weighted by molar-refractivity contribution is -0.150. The van der Waals surface area contributed by atoms with E-state index < -0.39 is 11.9 Å². The maximum atomic E-state index is 12.4. The zero-order valence-corrected chi connectivity index (χ0v) is 18.0. The van der Waals surface area contributed by atoms with E-state index in [1.807, 2.05) is 37.3 Å². The number of esters is 1. The second-order valence-electron chi connectivity index (χ2n) is 8.11. The Morgan fingerprint density at radius 3 is 2.25 bits per heavy atom. The van der Waals surface area contributed by atoms with Crippen LogP contribution in [-0.2, 0) is 14.3 Å². The number of carbonyl (C=O) groups excluding carboxylic acids is 1. The topological polar surface area (TPSA) is 63.6 Å². The highest BCUT2D eigenvalue weighted by Crippen LogP contribution is 2.30. The van der Waals surface area contributed by atoms with Gasteiger partial charge in [0.15, 0.2) is 0 Å². The van der Waals surface area contributed by atoms with E-state index in [0.29, 0.717) is 25.4 Å². The lowest BCUT2D eigenvalue weighted by Crippen LogP contribution is -2.20. The van der Waals surface area contributed by atoms with Crippen LogP contribution < -0.4 is 0 Å². The third-order valence-corrected chi connectivity index (χ3v) is 5.69. The van der Waals surface area contributed by atoms with Crippen molar-refractivity contribution in [3.63, 3.8) is 0 Å². The van der Waals surface area contributed by atoms with Gasteiger partial charge in [-0.2, -0.15) is 0 Å². The average molecular weight is 391 g/mol. The number of benzene rings is 1. The van der Waals surface area contributed by atoms with Crippen LogP contribution >= 0.6 is 0 Å². The molecule has 0 amide bonds. The van der Waals surface area contributed by atoms with Crippen LogP contribution in [0.2, 0.25) is 0 Å². The van der Waals surface area contributed by atoms with Gasteiger partial charge >= 0.3 is 11.9 Å². The summed E-state index contributed by atoms with van der Waals surface area (Å²) in [6, 6.07) is 10.0. The van der Waals surface area contributed by atoms with Gasteiger partial charge in [-0.3, -0.25) is 9.59 Å². The highest BCUT2D eigenvalue weighted by Gasteiger charge is 2.23. The molecule has 1 rings (SSSR count). The number of hydrogen-bond acceptors (Lipinski definition) is 3. The van der Waals surface area contributed by atoms with Crippen molar-refractivity contribution in [1.29, 1.82) is 0 Å². The van der Waals surface area contributed by atoms with Crippen molar-refractivity contribution < 1.29 is 19.4 Å². The van der Waals surface area contributed by atoms with Gasteiger partial charge in [-0.05, 0) is 43.1 Å². The van der Waals surface area contributed by atoms with Crippen molar-refractivity contribution in [3.05, 3.63) is 35.9 Å². The molecule has 0 bridgehead atoms. The van der Waals surface area contributed by atoms with Crippen LogP contribution in [0.1, 0.15) is 84.1 Å². The molecule has 1 N–H and O–H groups in total. The van der Waals surface area contributed by atoms with Crippen molar-refractivity contribution in [2.75, 3.05) is 6.61 Å². The first-order valence-corrected chi connectivity index (χ1v) is 10.8. The van der Waals surface area contributed by atoms with E-state index in [1.165, 1.54) is 6.42 Å². The molecule has 0 saturated heterocycles. The number of rotatable bonds is 14. The Kier molecular flexibility index (Phi) is 11.5. The maximum Gasteiger partial charge on any atom is 0.308 e. The summed E-state index contributed by atoms with van der Waals surface area (Å²) >= 11 is 0. The Bertz CT molecular complexity index is 569. The van der Waals surface area contributed by atoms with Gasteiger partial charge in [-0.25, -0.2) is 0 Å². The smallest absolute Gasteiger partial charge is 0.308 e. The number of carboxylic acid groups (broad SMARTS) is 1. The normalized spacial score (nSPS) is 15.4. The number of unbranched alkanes of at least 4 members (excludes halogenated alkanes) is 1. The Balaban J connectivity index is 2.58. The molecule has 0 aliphatic heterocycles. The molecular formula is C24H38O4. The van der Waals surface area contributed by atoms with E-state index in [4.69, 9.17) is 4.74 Å². The maximum absolute atomic E-state index is 12.4. The molecular weight excluding hydrogens is 352 g/mol. The Morgan fingerprint density at radius 2 is 1.68 bits per heavy atom. The van der Waals surface area contributed by atoms with Gasteiger partial charge in [-0.15, -0.1) is 0 Å². The van der Waals surface area contributed by atoms with Crippen LogP contribution in [0, 0.1) is 17.8 Å². The molecule has 28 heavy (non-hydrogen) atoms. The first-order valence-electron chi connectivity index (χ1n) is 10.8. The van der Waals surface area contributed by atoms with E-state index in [2.05, 4.69) is 13.8 Å². The minimum absolute atomic E-state index is 0.131. The van der Waals surface area contributed by atoms with Gasteiger partial charge in [0.05, 0.1) is 18.4 Å². The zero-order chi connectivity index (χ0) is 20.9. The van der Waals surface area contributed by atoms with Crippen LogP contribution in [0.15, 0.2) is 30.3 Å². The highest BCUT2D eigenvalue weighted by molar-refractivity contribution is 5.72. The fourth-order valence-electron chi connectivity index (χ4n) is 3.48. The van der Waals surface area contributed by atoms with Crippen molar-refractivity contribution in [3.8, 4) is 0 Å². The molecule has 4 atom stereocenters. The zero-order valence-electron chi connectivity index (χ0n) is 18.0. The molecule has 4 heteroatoms. The van der Waals surface area contributed by atoms with Gasteiger partial charge in [0.2, 0.25) is 0 Å². The lowest BCUT2D eigenvalue weighted by Gasteiger charge is -2.22. The van der Waals surface area contributed by atoms with E-state index in [-0.39, 0.29) is 17.8 Å². The Morgan fingerprint density at radius 1 is 1.00 bits per heavy atom. The largest absolute Gasteiger partial charge is 0.481 e. The van der Waals surface area contributed by atoms with Gasteiger partial charge in [0, 0.05) is 0 Å². The standard InChI is InChI=1S/C24H38O4/c1-5-7-11-20(6-2)17-28-24(27)18(3)14-15-22(16-19(4)23(25)26)21-12-9-8-10-13-21/h8-10,12-13,18-20,22H,5-7,11,14-17H2,1-4H3,(H,25,26). The summed E-state index contributed by atoms with van der Waals surface area (Å²) in [6.07, 6.45) is 6.54. The lowest BCUT2D eigenvalue weighted by atomic mass is 9.84. The van der Waals surface area contributed by atoms with Crippen molar-refractivity contribution in [2.24, 2.45) is 17.8 Å². The summed E-state index contributed by atoms with van der Waals surface area (Å²) < 4.78 is 5.58. The SMILES string of the molecule is CCCCC(CC)COC(=O)C(C)CCC(CC(C)C(=O)O)c1ccccc1. The van der Waals surface area contributed by atoms with Crippen molar-refractivity contribution in [1.82, 2.24) is 0 Å². The number of ether oxygens (including phenoxy) is 1. The predicted octanol–water partition coefficient (Wildman–Crippen LogP) is 6.06. The van der Waals surface area contributed by atoms with E-state index in [0.717, 1.165) is 31.2 Å². The molecule has 0 fully saturated rings. The summed E-state index contributed by atoms with van der Waals surface area (Å²) in [5, 5.41) is 9.28. The number of hydrogen-bond donors (Lipinski definition) is 1. The molecule has 4 unspecified atom stereocenters. The van der Waals surface area contributed by atoms with Crippen molar-refractivity contribution >= 4 is 11.9 Å². The van der Waals surface area contributed by atoms with Gasteiger partial charge in [0.1, 0.15) is 0 Å². The molecule has 0 spiro atoms. The van der Waals surface area contributed by atoms with E-state index in [1.54, 1.807) is 6.92 Å². The fraction of sp³-hybridized carbons (Fsp3) is 0.667. The monoisotopic (exact) mass is 390 g/mol. The van der Waals surface area contributed by atoms with Crippen molar-refractivity contribution in [2.45, 2.75) is 78.6 Å². The average Bonchev–Trinajstić information content (AvgIpc) is 2.71. The van der Waals surface area contributed by atoms with E-state index in [9.17, 15) is 14.7 Å². The first-order chi connectivity index (χ1) is 13.4. The quantitative estimate of drug-likeness (QED) is 0.392. The highest BCUT2D eigenvalue weighted by atomic mass is 16.5. The number of aliphatic carboxylic acids is 1.